The Morgan fingerprint density at radius 3 is 2.66 bits per heavy atom. The quantitative estimate of drug-likeness (QED) is 0.517. The average Bonchev–Trinajstić information content (AvgIpc) is 3.27. The molecule has 2 heterocycles. The van der Waals surface area contributed by atoms with E-state index in [0.29, 0.717) is 45.1 Å². The molecule has 8 nitrogen and oxygen atoms in total. The molecule has 2 aliphatic heterocycles. The number of rotatable bonds is 6. The third kappa shape index (κ3) is 3.69. The SMILES string of the molecule is CCOC(=O)C1=C(C)N(c2ccccc2OC)C(=S)N[C@@H]1c1cc(OC)c2c(c1)OCO2. The van der Waals surface area contributed by atoms with E-state index in [2.05, 4.69) is 5.32 Å². The van der Waals surface area contributed by atoms with E-state index in [1.54, 1.807) is 32.1 Å². The molecule has 2 aromatic carbocycles. The van der Waals surface area contributed by atoms with Crippen molar-refractivity contribution in [3.05, 3.63) is 53.2 Å². The van der Waals surface area contributed by atoms with Crippen molar-refractivity contribution in [2.24, 2.45) is 0 Å². The van der Waals surface area contributed by atoms with Gasteiger partial charge in [-0.3, -0.25) is 4.90 Å². The van der Waals surface area contributed by atoms with E-state index >= 15 is 0 Å². The van der Waals surface area contributed by atoms with Crippen molar-refractivity contribution in [3.63, 3.8) is 0 Å². The number of para-hydroxylation sites is 2. The van der Waals surface area contributed by atoms with E-state index in [9.17, 15) is 4.79 Å². The van der Waals surface area contributed by atoms with E-state index in [0.717, 1.165) is 5.56 Å². The lowest BCUT2D eigenvalue weighted by Crippen LogP contribution is -2.48. The number of allylic oxidation sites excluding steroid dienone is 1. The molecule has 0 aromatic heterocycles. The molecule has 2 aliphatic rings. The number of esters is 1. The van der Waals surface area contributed by atoms with Gasteiger partial charge in [0.15, 0.2) is 16.6 Å². The summed E-state index contributed by atoms with van der Waals surface area (Å²) in [5.41, 5.74) is 2.51. The van der Waals surface area contributed by atoms with E-state index in [1.165, 1.54) is 0 Å². The summed E-state index contributed by atoms with van der Waals surface area (Å²) >= 11 is 5.72. The van der Waals surface area contributed by atoms with Gasteiger partial charge in [-0.2, -0.15) is 0 Å². The number of nitrogens with zero attached hydrogens (tertiary/aromatic N) is 1. The normalized spacial score (nSPS) is 17.2. The first kappa shape index (κ1) is 21.8. The molecule has 1 atom stereocenters. The lowest BCUT2D eigenvalue weighted by atomic mass is 9.94. The smallest absolute Gasteiger partial charge is 0.338 e. The predicted octanol–water partition coefficient (Wildman–Crippen LogP) is 3.71. The highest BCUT2D eigenvalue weighted by Crippen LogP contribution is 2.45. The van der Waals surface area contributed by atoms with Crippen molar-refractivity contribution in [2.45, 2.75) is 19.9 Å². The monoisotopic (exact) mass is 456 g/mol. The molecule has 0 fully saturated rings. The van der Waals surface area contributed by atoms with Gasteiger partial charge in [0, 0.05) is 5.70 Å². The van der Waals surface area contributed by atoms with Gasteiger partial charge < -0.3 is 29.0 Å². The van der Waals surface area contributed by atoms with Gasteiger partial charge in [0.25, 0.3) is 0 Å². The van der Waals surface area contributed by atoms with Crippen molar-refractivity contribution in [3.8, 4) is 23.0 Å². The minimum Gasteiger partial charge on any atom is -0.495 e. The molecule has 4 rings (SSSR count). The third-order valence-corrected chi connectivity index (χ3v) is 5.62. The molecule has 0 bridgehead atoms. The van der Waals surface area contributed by atoms with Gasteiger partial charge in [-0.25, -0.2) is 4.79 Å². The Bertz CT molecular complexity index is 1100. The predicted molar refractivity (Wildman–Crippen MR) is 122 cm³/mol. The van der Waals surface area contributed by atoms with Gasteiger partial charge in [0.1, 0.15) is 5.75 Å². The van der Waals surface area contributed by atoms with Crippen LogP contribution in [0, 0.1) is 0 Å². The first-order chi connectivity index (χ1) is 15.5. The van der Waals surface area contributed by atoms with Crippen LogP contribution >= 0.6 is 12.2 Å². The van der Waals surface area contributed by atoms with Crippen LogP contribution in [0.3, 0.4) is 0 Å². The second kappa shape index (κ2) is 8.96. The summed E-state index contributed by atoms with van der Waals surface area (Å²) in [6, 6.07) is 10.5. The minimum absolute atomic E-state index is 0.104. The maximum Gasteiger partial charge on any atom is 0.338 e. The molecule has 0 saturated carbocycles. The zero-order valence-corrected chi connectivity index (χ0v) is 19.1. The Morgan fingerprint density at radius 1 is 1.19 bits per heavy atom. The van der Waals surface area contributed by atoms with Gasteiger partial charge in [0.2, 0.25) is 12.5 Å². The van der Waals surface area contributed by atoms with Crippen LogP contribution in [0.4, 0.5) is 5.69 Å². The summed E-state index contributed by atoms with van der Waals surface area (Å²) in [6.45, 7) is 3.95. The van der Waals surface area contributed by atoms with Crippen LogP contribution in [0.15, 0.2) is 47.7 Å². The number of carbonyl (C=O) groups excluding carboxylic acids is 1. The van der Waals surface area contributed by atoms with Crippen LogP contribution in [-0.4, -0.2) is 38.7 Å². The average molecular weight is 457 g/mol. The zero-order chi connectivity index (χ0) is 22.8. The summed E-state index contributed by atoms with van der Waals surface area (Å²) in [7, 11) is 3.14. The third-order valence-electron chi connectivity index (χ3n) is 5.32. The van der Waals surface area contributed by atoms with Gasteiger partial charge in [0.05, 0.1) is 38.1 Å². The lowest BCUT2D eigenvalue weighted by molar-refractivity contribution is -0.139. The Kier molecular flexibility index (Phi) is 6.09. The molecule has 2 aromatic rings. The van der Waals surface area contributed by atoms with Crippen molar-refractivity contribution in [2.75, 3.05) is 32.5 Å². The maximum atomic E-state index is 13.1. The fourth-order valence-electron chi connectivity index (χ4n) is 3.89. The highest BCUT2D eigenvalue weighted by molar-refractivity contribution is 7.80. The summed E-state index contributed by atoms with van der Waals surface area (Å²) < 4.78 is 27.5. The molecule has 1 N–H and O–H groups in total. The number of benzene rings is 2. The minimum atomic E-state index is -0.573. The number of anilines is 1. The van der Waals surface area contributed by atoms with Crippen LogP contribution in [0.1, 0.15) is 25.5 Å². The molecule has 168 valence electrons. The van der Waals surface area contributed by atoms with Crippen LogP contribution in [-0.2, 0) is 9.53 Å². The molecule has 0 spiro atoms. The molecule has 32 heavy (non-hydrogen) atoms. The molecular formula is C23H24N2O6S. The number of fused-ring (bicyclic) bond motifs is 1. The summed E-state index contributed by atoms with van der Waals surface area (Å²) in [6.07, 6.45) is 0. The van der Waals surface area contributed by atoms with E-state index < -0.39 is 12.0 Å². The van der Waals surface area contributed by atoms with Crippen LogP contribution in [0.5, 0.6) is 23.0 Å². The Hall–Kier alpha value is -3.46. The van der Waals surface area contributed by atoms with Crippen molar-refractivity contribution >= 4 is 29.0 Å². The highest BCUT2D eigenvalue weighted by atomic mass is 32.1. The van der Waals surface area contributed by atoms with Crippen LogP contribution < -0.4 is 29.2 Å². The lowest BCUT2D eigenvalue weighted by Gasteiger charge is -2.38. The second-order valence-electron chi connectivity index (χ2n) is 7.07. The molecule has 0 amide bonds. The molecule has 0 unspecified atom stereocenters. The van der Waals surface area contributed by atoms with Gasteiger partial charge >= 0.3 is 5.97 Å². The van der Waals surface area contributed by atoms with Crippen molar-refractivity contribution in [1.29, 1.82) is 0 Å². The highest BCUT2D eigenvalue weighted by Gasteiger charge is 2.37. The summed E-state index contributed by atoms with van der Waals surface area (Å²) in [5.74, 6) is 1.77. The van der Waals surface area contributed by atoms with E-state index in [-0.39, 0.29) is 13.4 Å². The Morgan fingerprint density at radius 2 is 1.94 bits per heavy atom. The van der Waals surface area contributed by atoms with Crippen LogP contribution in [0.25, 0.3) is 0 Å². The second-order valence-corrected chi connectivity index (χ2v) is 7.45. The standard InChI is InChI=1S/C23H24N2O6S/c1-5-29-22(26)19-13(2)25(15-8-6-7-9-16(15)27-3)23(32)24-20(19)14-10-17(28-4)21-18(11-14)30-12-31-21/h6-11,20H,5,12H2,1-4H3,(H,24,32)/t20-/m1/s1. The van der Waals surface area contributed by atoms with Crippen molar-refractivity contribution < 1.29 is 28.5 Å². The number of ether oxygens (including phenoxy) is 5. The first-order valence-electron chi connectivity index (χ1n) is 10.1. The van der Waals surface area contributed by atoms with E-state index in [1.807, 2.05) is 37.3 Å². The van der Waals surface area contributed by atoms with E-state index in [4.69, 9.17) is 35.9 Å². The van der Waals surface area contributed by atoms with Gasteiger partial charge in [-0.05, 0) is 55.9 Å². The Labute approximate surface area is 191 Å². The number of hydrogen-bond acceptors (Lipinski definition) is 7. The molecule has 0 saturated heterocycles. The molecular weight excluding hydrogens is 432 g/mol. The fraction of sp³-hybridized carbons (Fsp3) is 0.304. The zero-order valence-electron chi connectivity index (χ0n) is 18.3. The number of nitrogens with one attached hydrogen (secondary N) is 1. The number of carbonyl (C=O) groups is 1. The first-order valence-corrected chi connectivity index (χ1v) is 10.5. The summed E-state index contributed by atoms with van der Waals surface area (Å²) in [5, 5.41) is 3.70. The van der Waals surface area contributed by atoms with Crippen molar-refractivity contribution in [1.82, 2.24) is 5.32 Å². The Balaban J connectivity index is 1.87. The topological polar surface area (TPSA) is 78.5 Å². The maximum absolute atomic E-state index is 13.1. The molecule has 0 radical (unpaired) electrons. The number of hydrogen-bond donors (Lipinski definition) is 1. The molecule has 0 aliphatic carbocycles. The number of thiocarbonyl (C=S) groups is 1. The number of methoxy groups -OCH3 is 2. The van der Waals surface area contributed by atoms with Gasteiger partial charge in [-0.1, -0.05) is 12.1 Å². The summed E-state index contributed by atoms with van der Waals surface area (Å²) in [4.78, 5) is 14.9. The largest absolute Gasteiger partial charge is 0.495 e. The van der Waals surface area contributed by atoms with Crippen LogP contribution in [0.2, 0.25) is 0 Å². The van der Waals surface area contributed by atoms with Gasteiger partial charge in [-0.15, -0.1) is 0 Å². The molecule has 9 heteroatoms. The fourth-order valence-corrected chi connectivity index (χ4v) is 4.24.